The number of fused-ring (bicyclic) bond motifs is 1. The smallest absolute Gasteiger partial charge is 0.294 e. The van der Waals surface area contributed by atoms with Crippen molar-refractivity contribution in [2.75, 3.05) is 31.1 Å². The van der Waals surface area contributed by atoms with Crippen molar-refractivity contribution in [3.05, 3.63) is 153 Å². The number of hydrogen-bond acceptors (Lipinski definition) is 5. The molecule has 1 fully saturated rings. The van der Waals surface area contributed by atoms with Crippen LogP contribution in [0.25, 0.3) is 16.5 Å². The quantitative estimate of drug-likeness (QED) is 0.131. The topological polar surface area (TPSA) is 82.8 Å². The van der Waals surface area contributed by atoms with E-state index in [0.717, 1.165) is 22.0 Å². The lowest BCUT2D eigenvalue weighted by molar-refractivity contribution is -0.142. The molecule has 5 aromatic rings. The van der Waals surface area contributed by atoms with Gasteiger partial charge >= 0.3 is 0 Å². The molecule has 10 heteroatoms. The van der Waals surface area contributed by atoms with Gasteiger partial charge in [-0.1, -0.05) is 66.7 Å². The minimum Gasteiger partial charge on any atom is -0.507 e. The lowest BCUT2D eigenvalue weighted by Crippen LogP contribution is -2.50. The second kappa shape index (κ2) is 13.4. The van der Waals surface area contributed by atoms with Crippen molar-refractivity contribution >= 4 is 33.9 Å². The number of aromatic nitrogens is 1. The van der Waals surface area contributed by atoms with Crippen LogP contribution >= 0.6 is 0 Å². The first-order valence-electron chi connectivity index (χ1n) is 15.1. The fraction of sp³-hybridized carbons (Fsp3) is 0.162. The van der Waals surface area contributed by atoms with E-state index in [9.17, 15) is 32.7 Å². The van der Waals surface area contributed by atoms with Crippen LogP contribution in [0.3, 0.4) is 0 Å². The highest BCUT2D eigenvalue weighted by Crippen LogP contribution is 2.27. The molecule has 6 rings (SSSR count). The lowest BCUT2D eigenvalue weighted by atomic mass is 10.0. The molecular weight excluding hydrogens is 607 g/mol. The van der Waals surface area contributed by atoms with Crippen molar-refractivity contribution in [2.24, 2.45) is 0 Å². The molecule has 1 saturated heterocycles. The summed E-state index contributed by atoms with van der Waals surface area (Å²) in [6, 6.07) is 25.2. The molecular formula is C37H30F3N3O4. The Hall–Kier alpha value is -5.64. The Balaban J connectivity index is 1.24. The summed E-state index contributed by atoms with van der Waals surface area (Å²) in [4.78, 5) is 43.2. The third-order valence-electron chi connectivity index (χ3n) is 8.25. The van der Waals surface area contributed by atoms with Crippen LogP contribution in [-0.4, -0.2) is 52.4 Å². The molecule has 1 aliphatic heterocycles. The number of carbonyl (C=O) groups is 2. The molecule has 4 aromatic carbocycles. The maximum absolute atomic E-state index is 14.5. The van der Waals surface area contributed by atoms with Gasteiger partial charge in [-0.2, -0.15) is 0 Å². The van der Waals surface area contributed by atoms with Crippen LogP contribution in [0.15, 0.2) is 108 Å². The molecule has 0 atom stereocenters. The van der Waals surface area contributed by atoms with Crippen molar-refractivity contribution in [1.29, 1.82) is 0 Å². The number of ketones is 1. The van der Waals surface area contributed by atoms with Gasteiger partial charge in [0.05, 0.1) is 12.1 Å². The molecule has 0 spiro atoms. The normalized spacial score (nSPS) is 13.6. The van der Waals surface area contributed by atoms with Gasteiger partial charge in [-0.25, -0.2) is 13.2 Å². The highest BCUT2D eigenvalue weighted by Gasteiger charge is 2.27. The van der Waals surface area contributed by atoms with Crippen LogP contribution in [0.4, 0.5) is 18.9 Å². The first-order valence-corrected chi connectivity index (χ1v) is 15.1. The first kappa shape index (κ1) is 31.3. The molecule has 238 valence electrons. The first-order chi connectivity index (χ1) is 22.7. The fourth-order valence-corrected chi connectivity index (χ4v) is 5.87. The predicted molar refractivity (Wildman–Crippen MR) is 174 cm³/mol. The minimum atomic E-state index is -1.11. The Kier molecular flexibility index (Phi) is 8.92. The Bertz CT molecular complexity index is 2040. The summed E-state index contributed by atoms with van der Waals surface area (Å²) in [5.74, 6) is -5.89. The number of halogens is 3. The van der Waals surface area contributed by atoms with Gasteiger partial charge in [0.2, 0.25) is 5.78 Å². The van der Waals surface area contributed by atoms with Gasteiger partial charge in [0.15, 0.2) is 0 Å². The third-order valence-corrected chi connectivity index (χ3v) is 8.25. The maximum Gasteiger partial charge on any atom is 0.294 e. The molecule has 47 heavy (non-hydrogen) atoms. The summed E-state index contributed by atoms with van der Waals surface area (Å²) in [7, 11) is 0. The van der Waals surface area contributed by atoms with E-state index in [1.807, 2.05) is 42.5 Å². The number of aliphatic hydroxyl groups excluding tert-OH is 1. The summed E-state index contributed by atoms with van der Waals surface area (Å²) in [5, 5.41) is 13.2. The van der Waals surface area contributed by atoms with Crippen LogP contribution in [0.1, 0.15) is 22.3 Å². The van der Waals surface area contributed by atoms with Crippen molar-refractivity contribution in [3.8, 4) is 0 Å². The van der Waals surface area contributed by atoms with Gasteiger partial charge in [0.25, 0.3) is 11.5 Å². The Morgan fingerprint density at radius 2 is 1.45 bits per heavy atom. The molecule has 0 bridgehead atoms. The number of benzene rings is 4. The van der Waals surface area contributed by atoms with E-state index < -0.39 is 46.0 Å². The number of anilines is 1. The Labute approximate surface area is 268 Å². The van der Waals surface area contributed by atoms with Gasteiger partial charge in [-0.15, -0.1) is 0 Å². The zero-order valence-electron chi connectivity index (χ0n) is 25.2. The van der Waals surface area contributed by atoms with Gasteiger partial charge in [0, 0.05) is 73.6 Å². The summed E-state index contributed by atoms with van der Waals surface area (Å²) < 4.78 is 43.8. The summed E-state index contributed by atoms with van der Waals surface area (Å²) in [6.07, 6.45) is 1.71. The van der Waals surface area contributed by atoms with Crippen molar-refractivity contribution in [2.45, 2.75) is 13.0 Å². The second-order valence-corrected chi connectivity index (χ2v) is 11.4. The van der Waals surface area contributed by atoms with Gasteiger partial charge in [-0.3, -0.25) is 14.4 Å². The molecule has 1 aromatic heterocycles. The van der Waals surface area contributed by atoms with Crippen LogP contribution < -0.4 is 10.5 Å². The number of piperazine rings is 1. The van der Waals surface area contributed by atoms with E-state index >= 15 is 0 Å². The molecule has 0 aliphatic carbocycles. The van der Waals surface area contributed by atoms with Gasteiger partial charge in [-0.05, 0) is 28.6 Å². The van der Waals surface area contributed by atoms with Gasteiger partial charge < -0.3 is 19.5 Å². The fourth-order valence-electron chi connectivity index (χ4n) is 5.87. The largest absolute Gasteiger partial charge is 0.507 e. The molecule has 0 unspecified atom stereocenters. The van der Waals surface area contributed by atoms with Crippen LogP contribution in [0, 0.1) is 17.5 Å². The molecule has 0 saturated carbocycles. The van der Waals surface area contributed by atoms with Gasteiger partial charge in [0.1, 0.15) is 23.2 Å². The molecule has 2 heterocycles. The number of rotatable bonds is 8. The minimum absolute atomic E-state index is 0.0516. The highest BCUT2D eigenvalue weighted by atomic mass is 19.1. The average molecular weight is 638 g/mol. The molecule has 0 radical (unpaired) electrons. The Morgan fingerprint density at radius 3 is 2.17 bits per heavy atom. The van der Waals surface area contributed by atoms with E-state index in [4.69, 9.17) is 0 Å². The standard InChI is InChI=1S/C37H30F3N3O4/c38-27-19-31(39)29(32(40)20-27)17-25-18-30(36(46)43(23-25)22-24-7-2-1-3-8-24)34(44)21-35(45)37(47)42-15-13-41(14-16-42)33-12-6-10-26-9-4-5-11-28(26)33/h1-12,18-21,23,44H,13-17,22H2. The SMILES string of the molecule is O=C(C=C(O)c1cc(Cc2c(F)cc(F)cc2F)cn(Cc2ccccc2)c1=O)C(=O)N1CCN(c2cccc3ccccc23)CC1. The van der Waals surface area contributed by atoms with Crippen molar-refractivity contribution < 1.29 is 27.9 Å². The summed E-state index contributed by atoms with van der Waals surface area (Å²) >= 11 is 0. The number of pyridine rings is 1. The van der Waals surface area contributed by atoms with E-state index in [1.54, 1.807) is 30.3 Å². The number of amides is 1. The monoisotopic (exact) mass is 637 g/mol. The van der Waals surface area contributed by atoms with E-state index in [1.165, 1.54) is 21.7 Å². The van der Waals surface area contributed by atoms with Crippen LogP contribution in [0.5, 0.6) is 0 Å². The van der Waals surface area contributed by atoms with Crippen molar-refractivity contribution in [1.82, 2.24) is 9.47 Å². The summed E-state index contributed by atoms with van der Waals surface area (Å²) in [6.45, 7) is 1.58. The number of nitrogens with zero attached hydrogens (tertiary/aromatic N) is 3. The highest BCUT2D eigenvalue weighted by molar-refractivity contribution is 6.41. The third kappa shape index (κ3) is 6.81. The lowest BCUT2D eigenvalue weighted by Gasteiger charge is -2.36. The number of carbonyl (C=O) groups excluding carboxylic acids is 2. The molecule has 7 nitrogen and oxygen atoms in total. The number of hydrogen-bond donors (Lipinski definition) is 1. The zero-order valence-corrected chi connectivity index (χ0v) is 25.2. The molecule has 1 aliphatic rings. The predicted octanol–water partition coefficient (Wildman–Crippen LogP) is 5.87. The average Bonchev–Trinajstić information content (AvgIpc) is 3.07. The van der Waals surface area contributed by atoms with E-state index in [-0.39, 0.29) is 37.2 Å². The van der Waals surface area contributed by atoms with Crippen LogP contribution in [-0.2, 0) is 22.6 Å². The Morgan fingerprint density at radius 1 is 0.787 bits per heavy atom. The molecule has 1 amide bonds. The van der Waals surface area contributed by atoms with E-state index in [0.29, 0.717) is 31.3 Å². The van der Waals surface area contributed by atoms with Crippen molar-refractivity contribution in [3.63, 3.8) is 0 Å². The summed E-state index contributed by atoms with van der Waals surface area (Å²) in [5.41, 5.74) is 0.529. The second-order valence-electron chi connectivity index (χ2n) is 11.4. The molecule has 1 N–H and O–H groups in total. The van der Waals surface area contributed by atoms with Crippen LogP contribution in [0.2, 0.25) is 0 Å². The number of aliphatic hydroxyl groups is 1. The van der Waals surface area contributed by atoms with E-state index in [2.05, 4.69) is 4.90 Å². The maximum atomic E-state index is 14.5. The zero-order chi connectivity index (χ0) is 33.1.